The van der Waals surface area contributed by atoms with E-state index in [-0.39, 0.29) is 18.0 Å². The van der Waals surface area contributed by atoms with Crippen molar-refractivity contribution in [3.63, 3.8) is 0 Å². The van der Waals surface area contributed by atoms with Crippen LogP contribution in [0, 0.1) is 35.5 Å². The van der Waals surface area contributed by atoms with Gasteiger partial charge in [0.2, 0.25) is 5.79 Å². The SMILES string of the molecule is CC(C)[C@@H]1CC[C@@H](C)C[C@]12OC(=O)[C@H]1[C@@H]3CCC[C@@H]3[C@H]1O2. The Morgan fingerprint density at radius 2 is 1.90 bits per heavy atom. The van der Waals surface area contributed by atoms with Crippen molar-refractivity contribution in [2.45, 2.75) is 71.2 Å². The summed E-state index contributed by atoms with van der Waals surface area (Å²) in [6.07, 6.45) is 7.10. The van der Waals surface area contributed by atoms with Crippen molar-refractivity contribution < 1.29 is 14.3 Å². The molecule has 21 heavy (non-hydrogen) atoms. The number of carbonyl (C=O) groups is 1. The monoisotopic (exact) mass is 292 g/mol. The largest absolute Gasteiger partial charge is 0.432 e. The van der Waals surface area contributed by atoms with E-state index in [0.29, 0.717) is 29.6 Å². The molecule has 0 aromatic carbocycles. The highest BCUT2D eigenvalue weighted by Crippen LogP contribution is 2.59. The van der Waals surface area contributed by atoms with Gasteiger partial charge in [0, 0.05) is 12.3 Å². The third kappa shape index (κ3) is 1.92. The Kier molecular flexibility index (Phi) is 3.15. The van der Waals surface area contributed by atoms with Crippen LogP contribution in [0.15, 0.2) is 0 Å². The summed E-state index contributed by atoms with van der Waals surface area (Å²) in [4.78, 5) is 12.6. The molecule has 1 aliphatic heterocycles. The molecule has 0 N–H and O–H groups in total. The van der Waals surface area contributed by atoms with Gasteiger partial charge >= 0.3 is 5.97 Å². The quantitative estimate of drug-likeness (QED) is 0.690. The average Bonchev–Trinajstić information content (AvgIpc) is 2.79. The van der Waals surface area contributed by atoms with E-state index in [0.717, 1.165) is 12.8 Å². The number of hydrogen-bond acceptors (Lipinski definition) is 3. The third-order valence-corrected chi connectivity index (χ3v) is 6.72. The van der Waals surface area contributed by atoms with Crippen LogP contribution in [0.3, 0.4) is 0 Å². The molecule has 4 aliphatic rings. The van der Waals surface area contributed by atoms with Crippen LogP contribution >= 0.6 is 0 Å². The van der Waals surface area contributed by atoms with Crippen molar-refractivity contribution in [2.75, 3.05) is 0 Å². The molecular weight excluding hydrogens is 264 g/mol. The zero-order valence-corrected chi connectivity index (χ0v) is 13.5. The first-order valence-corrected chi connectivity index (χ1v) is 8.92. The standard InChI is InChI=1S/C18H28O3/c1-10(2)14-8-7-11(3)9-18(14)20-16-13-6-4-5-12(13)15(16)17(19)21-18/h10-16H,4-9H2,1-3H3/t11-,12-,13+,14+,15+,16-,18+/m1/s1. The predicted molar refractivity (Wildman–Crippen MR) is 79.4 cm³/mol. The molecule has 0 amide bonds. The second-order valence-electron chi connectivity index (χ2n) is 8.34. The van der Waals surface area contributed by atoms with Crippen molar-refractivity contribution >= 4 is 5.97 Å². The van der Waals surface area contributed by atoms with Gasteiger partial charge in [-0.05, 0) is 49.4 Å². The van der Waals surface area contributed by atoms with Gasteiger partial charge in [0.15, 0.2) is 0 Å². The molecule has 1 saturated heterocycles. The lowest BCUT2D eigenvalue weighted by atomic mass is 9.62. The predicted octanol–water partition coefficient (Wildman–Crippen LogP) is 3.76. The van der Waals surface area contributed by atoms with E-state index in [1.165, 1.54) is 25.7 Å². The molecule has 0 radical (unpaired) electrons. The molecule has 3 heteroatoms. The number of carbonyl (C=O) groups excluding carboxylic acids is 1. The Morgan fingerprint density at radius 3 is 2.67 bits per heavy atom. The Bertz CT molecular complexity index is 446. The minimum Gasteiger partial charge on any atom is -0.432 e. The van der Waals surface area contributed by atoms with E-state index < -0.39 is 5.79 Å². The smallest absolute Gasteiger partial charge is 0.314 e. The molecule has 0 bridgehead atoms. The number of fused-ring (bicyclic) bond motifs is 4. The summed E-state index contributed by atoms with van der Waals surface area (Å²) < 4.78 is 12.6. The fraction of sp³-hybridized carbons (Fsp3) is 0.944. The molecule has 118 valence electrons. The second kappa shape index (κ2) is 4.71. The zero-order chi connectivity index (χ0) is 14.8. The van der Waals surface area contributed by atoms with Gasteiger partial charge in [-0.1, -0.05) is 27.2 Å². The normalized spacial score (nSPS) is 52.3. The maximum absolute atomic E-state index is 12.6. The van der Waals surface area contributed by atoms with Crippen molar-refractivity contribution in [3.8, 4) is 0 Å². The van der Waals surface area contributed by atoms with Gasteiger partial charge in [0.25, 0.3) is 0 Å². The van der Waals surface area contributed by atoms with Gasteiger partial charge in [-0.3, -0.25) is 4.79 Å². The molecule has 0 unspecified atom stereocenters. The van der Waals surface area contributed by atoms with E-state index >= 15 is 0 Å². The zero-order valence-electron chi connectivity index (χ0n) is 13.5. The average molecular weight is 292 g/mol. The first kappa shape index (κ1) is 14.0. The Labute approximate surface area is 127 Å². The highest BCUT2D eigenvalue weighted by molar-refractivity contribution is 5.76. The van der Waals surface area contributed by atoms with Crippen LogP contribution in [-0.4, -0.2) is 17.9 Å². The highest BCUT2D eigenvalue weighted by Gasteiger charge is 2.65. The van der Waals surface area contributed by atoms with Crippen LogP contribution in [0.25, 0.3) is 0 Å². The fourth-order valence-corrected chi connectivity index (χ4v) is 5.72. The van der Waals surface area contributed by atoms with Crippen LogP contribution < -0.4 is 0 Å². The van der Waals surface area contributed by atoms with Crippen molar-refractivity contribution in [3.05, 3.63) is 0 Å². The first-order chi connectivity index (χ1) is 10.0. The van der Waals surface area contributed by atoms with Gasteiger partial charge in [0.1, 0.15) is 0 Å². The number of esters is 1. The summed E-state index contributed by atoms with van der Waals surface area (Å²) in [6.45, 7) is 6.75. The third-order valence-electron chi connectivity index (χ3n) is 6.72. The van der Waals surface area contributed by atoms with Crippen LogP contribution in [0.1, 0.15) is 59.3 Å². The minimum absolute atomic E-state index is 0.0492. The molecular formula is C18H28O3. The topological polar surface area (TPSA) is 35.5 Å². The van der Waals surface area contributed by atoms with E-state index in [2.05, 4.69) is 20.8 Å². The minimum atomic E-state index is -0.613. The molecule has 4 rings (SSSR count). The van der Waals surface area contributed by atoms with Gasteiger partial charge in [-0.25, -0.2) is 0 Å². The van der Waals surface area contributed by atoms with Crippen LogP contribution in [0.2, 0.25) is 0 Å². The summed E-state index contributed by atoms with van der Waals surface area (Å²) >= 11 is 0. The highest BCUT2D eigenvalue weighted by atomic mass is 16.7. The molecule has 3 nitrogen and oxygen atoms in total. The Morgan fingerprint density at radius 1 is 1.14 bits per heavy atom. The van der Waals surface area contributed by atoms with Gasteiger partial charge in [0.05, 0.1) is 12.0 Å². The summed E-state index contributed by atoms with van der Waals surface area (Å²) in [7, 11) is 0. The number of hydrogen-bond donors (Lipinski definition) is 0. The summed E-state index contributed by atoms with van der Waals surface area (Å²) in [5.74, 6) is 2.12. The van der Waals surface area contributed by atoms with Crippen LogP contribution in [-0.2, 0) is 14.3 Å². The summed E-state index contributed by atoms with van der Waals surface area (Å²) in [5.41, 5.74) is 0. The Balaban J connectivity index is 1.63. The number of rotatable bonds is 1. The molecule has 1 heterocycles. The molecule has 0 aromatic heterocycles. The number of ether oxygens (including phenoxy) is 2. The molecule has 3 saturated carbocycles. The summed E-state index contributed by atoms with van der Waals surface area (Å²) in [5, 5.41) is 0. The van der Waals surface area contributed by atoms with Crippen LogP contribution in [0.4, 0.5) is 0 Å². The second-order valence-corrected chi connectivity index (χ2v) is 8.34. The van der Waals surface area contributed by atoms with Gasteiger partial charge in [-0.15, -0.1) is 0 Å². The fourth-order valence-electron chi connectivity index (χ4n) is 5.72. The first-order valence-electron chi connectivity index (χ1n) is 8.92. The maximum Gasteiger partial charge on any atom is 0.314 e. The van der Waals surface area contributed by atoms with Gasteiger partial charge in [-0.2, -0.15) is 0 Å². The lowest BCUT2D eigenvalue weighted by molar-refractivity contribution is -0.359. The lowest BCUT2D eigenvalue weighted by Crippen LogP contribution is -2.66. The van der Waals surface area contributed by atoms with Crippen LogP contribution in [0.5, 0.6) is 0 Å². The van der Waals surface area contributed by atoms with E-state index in [1.54, 1.807) is 0 Å². The van der Waals surface area contributed by atoms with Crippen molar-refractivity contribution in [2.24, 2.45) is 35.5 Å². The maximum atomic E-state index is 12.6. The molecule has 0 aromatic rings. The lowest BCUT2D eigenvalue weighted by Gasteiger charge is -2.58. The molecule has 1 spiro atoms. The van der Waals surface area contributed by atoms with E-state index in [9.17, 15) is 4.79 Å². The molecule has 3 aliphatic carbocycles. The van der Waals surface area contributed by atoms with E-state index in [4.69, 9.17) is 9.47 Å². The summed E-state index contributed by atoms with van der Waals surface area (Å²) in [6, 6.07) is 0. The van der Waals surface area contributed by atoms with Gasteiger partial charge < -0.3 is 9.47 Å². The molecule has 4 fully saturated rings. The Hall–Kier alpha value is -0.570. The molecule has 7 atom stereocenters. The van der Waals surface area contributed by atoms with Crippen molar-refractivity contribution in [1.29, 1.82) is 0 Å². The van der Waals surface area contributed by atoms with Crippen molar-refractivity contribution in [1.82, 2.24) is 0 Å². The van der Waals surface area contributed by atoms with E-state index in [1.807, 2.05) is 0 Å².